The van der Waals surface area contributed by atoms with E-state index >= 15 is 0 Å². The van der Waals surface area contributed by atoms with Crippen LogP contribution in [0.5, 0.6) is 0 Å². The molecule has 3 atom stereocenters. The van der Waals surface area contributed by atoms with Gasteiger partial charge in [-0.2, -0.15) is 0 Å². The summed E-state index contributed by atoms with van der Waals surface area (Å²) in [6.07, 6.45) is 57.2. The summed E-state index contributed by atoms with van der Waals surface area (Å²) in [5.41, 5.74) is 0. The maximum Gasteiger partial charge on any atom is 0.220 e. The molecule has 0 bridgehead atoms. The average molecular weight is 808 g/mol. The van der Waals surface area contributed by atoms with Gasteiger partial charge in [-0.25, -0.2) is 0 Å². The molecule has 0 unspecified atom stereocenters. The molecule has 342 valence electrons. The lowest BCUT2D eigenvalue weighted by Crippen LogP contribution is -2.50. The number of aliphatic hydroxyl groups is 3. The molecule has 0 aliphatic carbocycles. The zero-order chi connectivity index (χ0) is 41.5. The third-order valence-electron chi connectivity index (χ3n) is 12.7. The predicted octanol–water partition coefficient (Wildman–Crippen LogP) is 15.8. The van der Waals surface area contributed by atoms with E-state index in [0.29, 0.717) is 12.8 Å². The van der Waals surface area contributed by atoms with Crippen molar-refractivity contribution >= 4 is 5.91 Å². The molecule has 0 aromatic heterocycles. The second-order valence-corrected chi connectivity index (χ2v) is 18.4. The summed E-state index contributed by atoms with van der Waals surface area (Å²) in [6, 6.07) is -0.801. The van der Waals surface area contributed by atoms with Crippen LogP contribution in [-0.2, 0) is 4.79 Å². The Hall–Kier alpha value is -0.650. The van der Waals surface area contributed by atoms with Crippen molar-refractivity contribution in [3.05, 3.63) is 0 Å². The van der Waals surface area contributed by atoms with E-state index in [-0.39, 0.29) is 12.5 Å². The number of amides is 1. The number of rotatable bonds is 49. The van der Waals surface area contributed by atoms with Crippen molar-refractivity contribution in [3.8, 4) is 0 Å². The van der Waals surface area contributed by atoms with Crippen molar-refractivity contribution in [1.82, 2.24) is 5.32 Å². The molecule has 0 saturated heterocycles. The van der Waals surface area contributed by atoms with Gasteiger partial charge in [0.1, 0.15) is 6.10 Å². The van der Waals surface area contributed by atoms with Gasteiger partial charge in [-0.05, 0) is 12.8 Å². The molecule has 4 N–H and O–H groups in total. The van der Waals surface area contributed by atoms with Crippen molar-refractivity contribution in [2.24, 2.45) is 0 Å². The third-order valence-corrected chi connectivity index (χ3v) is 12.7. The highest BCUT2D eigenvalue weighted by Gasteiger charge is 2.26. The largest absolute Gasteiger partial charge is 0.394 e. The summed E-state index contributed by atoms with van der Waals surface area (Å²) in [5, 5.41) is 33.4. The fourth-order valence-corrected chi connectivity index (χ4v) is 8.64. The Labute approximate surface area is 357 Å². The molecule has 0 radical (unpaired) electrons. The first-order valence-corrected chi connectivity index (χ1v) is 26.3. The zero-order valence-corrected chi connectivity index (χ0v) is 39.0. The van der Waals surface area contributed by atoms with Crippen LogP contribution in [0.1, 0.15) is 303 Å². The van der Waals surface area contributed by atoms with Gasteiger partial charge in [0, 0.05) is 6.42 Å². The number of nitrogens with one attached hydrogen (secondary N) is 1. The third kappa shape index (κ3) is 43.3. The highest BCUT2D eigenvalue weighted by atomic mass is 16.3. The van der Waals surface area contributed by atoms with Gasteiger partial charge in [0.25, 0.3) is 0 Å². The Balaban J connectivity index is 3.36. The Kier molecular flexibility index (Phi) is 47.5. The van der Waals surface area contributed by atoms with Crippen LogP contribution >= 0.6 is 0 Å². The number of unbranched alkanes of at least 4 members (excludes halogenated alkanes) is 41. The number of hydrogen-bond acceptors (Lipinski definition) is 4. The number of hydrogen-bond donors (Lipinski definition) is 4. The molecule has 0 rings (SSSR count). The summed E-state index contributed by atoms with van der Waals surface area (Å²) in [4.78, 5) is 12.4. The average Bonchev–Trinajstić information content (AvgIpc) is 3.22. The maximum atomic E-state index is 12.4. The number of carbonyl (C=O) groups excluding carboxylic acids is 1. The van der Waals surface area contributed by atoms with Crippen LogP contribution in [0.25, 0.3) is 0 Å². The smallest absolute Gasteiger partial charge is 0.220 e. The highest BCUT2D eigenvalue weighted by Crippen LogP contribution is 2.18. The van der Waals surface area contributed by atoms with E-state index in [1.165, 1.54) is 238 Å². The van der Waals surface area contributed by atoms with E-state index in [1.54, 1.807) is 0 Å². The number of carbonyl (C=O) groups is 1. The Morgan fingerprint density at radius 2 is 0.596 bits per heavy atom. The van der Waals surface area contributed by atoms with Gasteiger partial charge in [-0.1, -0.05) is 284 Å². The molecular weight excluding hydrogens is 703 g/mol. The summed E-state index contributed by atoms with van der Waals surface area (Å²) in [6.45, 7) is 4.17. The van der Waals surface area contributed by atoms with E-state index < -0.39 is 18.2 Å². The summed E-state index contributed by atoms with van der Waals surface area (Å²) >= 11 is 0. The van der Waals surface area contributed by atoms with Gasteiger partial charge in [-0.15, -0.1) is 0 Å². The van der Waals surface area contributed by atoms with Crippen molar-refractivity contribution in [1.29, 1.82) is 0 Å². The Morgan fingerprint density at radius 1 is 0.368 bits per heavy atom. The lowest BCUT2D eigenvalue weighted by Gasteiger charge is -2.26. The van der Waals surface area contributed by atoms with E-state index in [4.69, 9.17) is 0 Å². The highest BCUT2D eigenvalue weighted by molar-refractivity contribution is 5.76. The summed E-state index contributed by atoms with van der Waals surface area (Å²) < 4.78 is 0. The van der Waals surface area contributed by atoms with Crippen LogP contribution in [0.15, 0.2) is 0 Å². The molecule has 0 aromatic carbocycles. The SMILES string of the molecule is CCCCCCCCCCCCCCCCCCCCCCCCCCCCCCCCCCCCCC(=O)N[C@@H](CO)[C@H](O)[C@H](O)CCCCCCCCCC. The molecule has 1 amide bonds. The molecule has 0 fully saturated rings. The van der Waals surface area contributed by atoms with Crippen molar-refractivity contribution in [2.45, 2.75) is 321 Å². The van der Waals surface area contributed by atoms with Gasteiger partial charge in [-0.3, -0.25) is 4.79 Å². The van der Waals surface area contributed by atoms with Crippen LogP contribution in [0.4, 0.5) is 0 Å². The first-order valence-electron chi connectivity index (χ1n) is 26.3. The van der Waals surface area contributed by atoms with Gasteiger partial charge in [0.05, 0.1) is 18.8 Å². The first kappa shape index (κ1) is 56.4. The van der Waals surface area contributed by atoms with Crippen molar-refractivity contribution in [3.63, 3.8) is 0 Å². The molecule has 0 aliphatic heterocycles. The molecule has 0 heterocycles. The van der Waals surface area contributed by atoms with Crippen LogP contribution in [0, 0.1) is 0 Å². The van der Waals surface area contributed by atoms with E-state index in [0.717, 1.165) is 38.5 Å². The van der Waals surface area contributed by atoms with Crippen LogP contribution in [-0.4, -0.2) is 46.1 Å². The molecule has 5 heteroatoms. The molecule has 0 aromatic rings. The Morgan fingerprint density at radius 3 is 0.842 bits per heavy atom. The van der Waals surface area contributed by atoms with E-state index in [1.807, 2.05) is 0 Å². The monoisotopic (exact) mass is 808 g/mol. The zero-order valence-electron chi connectivity index (χ0n) is 39.0. The van der Waals surface area contributed by atoms with Crippen molar-refractivity contribution < 1.29 is 20.1 Å². The summed E-state index contributed by atoms with van der Waals surface area (Å²) in [7, 11) is 0. The molecule has 57 heavy (non-hydrogen) atoms. The molecule has 0 aliphatic rings. The first-order chi connectivity index (χ1) is 28.1. The van der Waals surface area contributed by atoms with Crippen LogP contribution < -0.4 is 5.32 Å². The second-order valence-electron chi connectivity index (χ2n) is 18.4. The molecule has 0 saturated carbocycles. The fourth-order valence-electron chi connectivity index (χ4n) is 8.64. The van der Waals surface area contributed by atoms with E-state index in [2.05, 4.69) is 19.2 Å². The van der Waals surface area contributed by atoms with Crippen LogP contribution in [0.3, 0.4) is 0 Å². The minimum Gasteiger partial charge on any atom is -0.394 e. The van der Waals surface area contributed by atoms with Crippen LogP contribution in [0.2, 0.25) is 0 Å². The minimum atomic E-state index is -1.13. The van der Waals surface area contributed by atoms with Gasteiger partial charge in [0.2, 0.25) is 5.91 Å². The minimum absolute atomic E-state index is 0.140. The summed E-state index contributed by atoms with van der Waals surface area (Å²) in [5.74, 6) is -0.140. The van der Waals surface area contributed by atoms with Gasteiger partial charge < -0.3 is 20.6 Å². The molecule has 5 nitrogen and oxygen atoms in total. The van der Waals surface area contributed by atoms with Crippen molar-refractivity contribution in [2.75, 3.05) is 6.61 Å². The lowest BCUT2D eigenvalue weighted by molar-refractivity contribution is -0.124. The Bertz CT molecular complexity index is 762. The maximum absolute atomic E-state index is 12.4. The fraction of sp³-hybridized carbons (Fsp3) is 0.981. The quantitative estimate of drug-likeness (QED) is 0.0461. The normalized spacial score (nSPS) is 13.3. The molecule has 0 spiro atoms. The molecular formula is C52H105NO4. The second kappa shape index (κ2) is 48.0. The predicted molar refractivity (Wildman–Crippen MR) is 250 cm³/mol. The van der Waals surface area contributed by atoms with Gasteiger partial charge in [0.15, 0.2) is 0 Å². The standard InChI is InChI=1S/C52H105NO4/c1-3-5-7-9-11-13-14-15-16-17-18-19-20-21-22-23-24-25-26-27-28-29-30-31-32-33-34-35-36-37-38-39-41-43-45-47-51(56)53-49(48-54)52(57)50(55)46-44-42-40-12-10-8-6-4-2/h49-50,52,54-55,57H,3-48H2,1-2H3,(H,53,56)/t49-,50+,52-/m0/s1. The van der Waals surface area contributed by atoms with E-state index in [9.17, 15) is 20.1 Å². The number of aliphatic hydroxyl groups excluding tert-OH is 3. The lowest BCUT2D eigenvalue weighted by atomic mass is 9.99. The van der Waals surface area contributed by atoms with Gasteiger partial charge >= 0.3 is 0 Å². The topological polar surface area (TPSA) is 89.8 Å².